The van der Waals surface area contributed by atoms with Gasteiger partial charge in [-0.2, -0.15) is 0 Å². The van der Waals surface area contributed by atoms with Gasteiger partial charge in [-0.3, -0.25) is 0 Å². The molecule has 3 radical (unpaired) electrons. The third kappa shape index (κ3) is 6.43. The van der Waals surface area contributed by atoms with Gasteiger partial charge in [-0.25, -0.2) is 0 Å². The average Bonchev–Trinajstić information content (AvgIpc) is 2.41. The van der Waals surface area contributed by atoms with E-state index in [1.807, 2.05) is 0 Å². The van der Waals surface area contributed by atoms with Gasteiger partial charge in [0.2, 0.25) is 0 Å². The van der Waals surface area contributed by atoms with E-state index < -0.39 is 28.6 Å². The molecular formula is C17H23SiSn. The van der Waals surface area contributed by atoms with Crippen LogP contribution < -0.4 is 10.4 Å². The summed E-state index contributed by atoms with van der Waals surface area (Å²) in [7, 11) is -0.650. The standard InChI is InChI=1S/C14H14Si.3CH3.Sn/c1-2-15(13-9-5-3-6-10-13)14-11-7-4-8-12-14;;;;/h3-12H,1-2H2;3*1H3;. The third-order valence-electron chi connectivity index (χ3n) is 2.49. The van der Waals surface area contributed by atoms with Crippen LogP contribution in [-0.2, 0) is 0 Å². The molecule has 2 aromatic carbocycles. The van der Waals surface area contributed by atoms with Gasteiger partial charge in [0.1, 0.15) is 8.80 Å². The Morgan fingerprint density at radius 1 is 0.789 bits per heavy atom. The fraction of sp³-hybridized carbons (Fsp3) is 0.235. The van der Waals surface area contributed by atoms with Gasteiger partial charge in [0.15, 0.2) is 0 Å². The van der Waals surface area contributed by atoms with Crippen LogP contribution in [0, 0.1) is 6.92 Å². The molecule has 0 fully saturated rings. The predicted octanol–water partition coefficient (Wildman–Crippen LogP) is 3.50. The van der Waals surface area contributed by atoms with Crippen LogP contribution in [0.15, 0.2) is 60.7 Å². The third-order valence-corrected chi connectivity index (χ3v) is 5.06. The van der Waals surface area contributed by atoms with Crippen LogP contribution in [0.25, 0.3) is 0 Å². The summed E-state index contributed by atoms with van der Waals surface area (Å²) in [5.41, 5.74) is 0. The number of hydrogen-bond donors (Lipinski definition) is 0. The van der Waals surface area contributed by atoms with Crippen molar-refractivity contribution in [3.63, 3.8) is 0 Å². The van der Waals surface area contributed by atoms with Gasteiger partial charge in [-0.15, -0.1) is 0 Å². The summed E-state index contributed by atoms with van der Waals surface area (Å²) < 4.78 is 0. The van der Waals surface area contributed by atoms with E-state index in [0.29, 0.717) is 0 Å². The van der Waals surface area contributed by atoms with Crippen LogP contribution in [-0.4, -0.2) is 28.6 Å². The van der Waals surface area contributed by atoms with Gasteiger partial charge in [-0.05, 0) is 0 Å². The predicted molar refractivity (Wildman–Crippen MR) is 91.4 cm³/mol. The first kappa shape index (κ1) is 16.5. The summed E-state index contributed by atoms with van der Waals surface area (Å²) in [4.78, 5) is 7.09. The molecule has 0 saturated carbocycles. The van der Waals surface area contributed by atoms with Crippen molar-refractivity contribution in [3.8, 4) is 0 Å². The van der Waals surface area contributed by atoms with Crippen LogP contribution in [0.1, 0.15) is 0 Å². The molecular weight excluding hydrogens is 351 g/mol. The van der Waals surface area contributed by atoms with E-state index in [0.717, 1.165) is 6.04 Å². The summed E-state index contributed by atoms with van der Waals surface area (Å²) in [5.74, 6) is 0. The normalized spacial score (nSPS) is 10.2. The Morgan fingerprint density at radius 2 is 1.11 bits per heavy atom. The summed E-state index contributed by atoms with van der Waals surface area (Å²) in [5, 5.41) is 2.90. The van der Waals surface area contributed by atoms with Crippen LogP contribution in [0.3, 0.4) is 0 Å². The molecule has 0 aliphatic heterocycles. The summed E-state index contributed by atoms with van der Waals surface area (Å²) in [6.45, 7) is 4.08. The van der Waals surface area contributed by atoms with Gasteiger partial charge < -0.3 is 0 Å². The second kappa shape index (κ2) is 9.37. The SMILES string of the molecule is [CH2]C[Si](c1ccccc1)c1ccccc1.[CH3][Sn]([CH3])[CH3]. The van der Waals surface area contributed by atoms with Crippen molar-refractivity contribution in [2.75, 3.05) is 0 Å². The van der Waals surface area contributed by atoms with E-state index in [2.05, 4.69) is 82.4 Å². The molecule has 2 aromatic rings. The Balaban J connectivity index is 0.000000399. The van der Waals surface area contributed by atoms with Crippen molar-refractivity contribution in [3.05, 3.63) is 67.6 Å². The molecule has 0 nitrogen and oxygen atoms in total. The van der Waals surface area contributed by atoms with E-state index in [4.69, 9.17) is 0 Å². The van der Waals surface area contributed by atoms with Crippen molar-refractivity contribution in [2.24, 2.45) is 0 Å². The molecule has 0 bridgehead atoms. The van der Waals surface area contributed by atoms with Crippen molar-refractivity contribution < 1.29 is 0 Å². The topological polar surface area (TPSA) is 0 Å². The quantitative estimate of drug-likeness (QED) is 0.722. The first-order chi connectivity index (χ1) is 9.15. The van der Waals surface area contributed by atoms with Gasteiger partial charge in [-0.1, -0.05) is 84.0 Å². The van der Waals surface area contributed by atoms with E-state index in [9.17, 15) is 0 Å². The minimum absolute atomic E-state index is 0.543. The van der Waals surface area contributed by atoms with Crippen LogP contribution in [0.2, 0.25) is 20.9 Å². The van der Waals surface area contributed by atoms with Gasteiger partial charge in [0.25, 0.3) is 0 Å². The van der Waals surface area contributed by atoms with E-state index in [1.165, 1.54) is 10.4 Å². The molecule has 2 rings (SSSR count). The fourth-order valence-corrected chi connectivity index (χ4v) is 3.83. The van der Waals surface area contributed by atoms with Crippen LogP contribution in [0.5, 0.6) is 0 Å². The number of rotatable bonds is 3. The number of benzene rings is 2. The first-order valence-corrected chi connectivity index (χ1v) is 16.9. The molecule has 0 spiro atoms. The molecule has 0 N–H and O–H groups in total. The Labute approximate surface area is 127 Å². The first-order valence-electron chi connectivity index (χ1n) is 6.67. The fourth-order valence-electron chi connectivity index (χ4n) is 1.73. The molecule has 0 aliphatic carbocycles. The summed E-state index contributed by atoms with van der Waals surface area (Å²) in [6, 6.07) is 22.4. The monoisotopic (exact) mass is 375 g/mol. The molecule has 0 saturated heterocycles. The second-order valence-corrected chi connectivity index (χ2v) is 16.1. The van der Waals surface area contributed by atoms with Crippen molar-refractivity contribution >= 4 is 38.9 Å². The summed E-state index contributed by atoms with van der Waals surface area (Å²) in [6.07, 6.45) is 0. The zero-order valence-electron chi connectivity index (χ0n) is 12.2. The molecule has 0 atom stereocenters. The van der Waals surface area contributed by atoms with Crippen LogP contribution in [0.4, 0.5) is 0 Å². The molecule has 0 aromatic heterocycles. The Morgan fingerprint density at radius 3 is 1.37 bits per heavy atom. The zero-order valence-corrected chi connectivity index (χ0v) is 16.0. The molecule has 0 amide bonds. The minimum atomic E-state index is -0.650. The van der Waals surface area contributed by atoms with Gasteiger partial charge in [0.05, 0.1) is 0 Å². The molecule has 2 heteroatoms. The molecule has 99 valence electrons. The van der Waals surface area contributed by atoms with Gasteiger partial charge >= 0.3 is 34.6 Å². The van der Waals surface area contributed by atoms with Gasteiger partial charge in [0, 0.05) is 0 Å². The van der Waals surface area contributed by atoms with E-state index in [-0.39, 0.29) is 0 Å². The average molecular weight is 374 g/mol. The molecule has 0 aliphatic rings. The second-order valence-electron chi connectivity index (χ2n) is 4.96. The molecule has 0 heterocycles. The van der Waals surface area contributed by atoms with E-state index >= 15 is 0 Å². The summed E-state index contributed by atoms with van der Waals surface area (Å²) >= 11 is -0.543. The van der Waals surface area contributed by atoms with E-state index in [1.54, 1.807) is 0 Å². The number of hydrogen-bond acceptors (Lipinski definition) is 0. The van der Waals surface area contributed by atoms with Crippen molar-refractivity contribution in [1.82, 2.24) is 0 Å². The Bertz CT molecular complexity index is 397. The zero-order chi connectivity index (χ0) is 14.1. The Kier molecular flexibility index (Phi) is 8.15. The Hall–Kier alpha value is -0.544. The van der Waals surface area contributed by atoms with Crippen molar-refractivity contribution in [2.45, 2.75) is 20.9 Å². The maximum absolute atomic E-state index is 4.08. The van der Waals surface area contributed by atoms with Crippen molar-refractivity contribution in [1.29, 1.82) is 0 Å². The maximum atomic E-state index is 4.08. The van der Waals surface area contributed by atoms with Crippen LogP contribution >= 0.6 is 0 Å². The molecule has 19 heavy (non-hydrogen) atoms. The molecule has 0 unspecified atom stereocenters.